The van der Waals surface area contributed by atoms with Gasteiger partial charge < -0.3 is 15.2 Å². The third-order valence-electron chi connectivity index (χ3n) is 3.15. The summed E-state index contributed by atoms with van der Waals surface area (Å²) in [6.07, 6.45) is 1.26. The molecule has 2 N–H and O–H groups in total. The number of ether oxygens (including phenoxy) is 2. The van der Waals surface area contributed by atoms with Crippen LogP contribution in [0.5, 0.6) is 5.75 Å². The minimum atomic E-state index is -0.811. The first-order valence-corrected chi connectivity index (χ1v) is 5.89. The van der Waals surface area contributed by atoms with Crippen molar-refractivity contribution in [2.45, 2.75) is 39.0 Å². The van der Waals surface area contributed by atoms with Gasteiger partial charge in [-0.15, -0.1) is 0 Å². The number of hydrogen-bond acceptors (Lipinski definition) is 4. The molecule has 0 spiro atoms. The van der Waals surface area contributed by atoms with Crippen molar-refractivity contribution in [3.63, 3.8) is 0 Å². The van der Waals surface area contributed by atoms with Crippen LogP contribution in [0.1, 0.15) is 42.6 Å². The Morgan fingerprint density at radius 2 is 1.94 bits per heavy atom. The van der Waals surface area contributed by atoms with Gasteiger partial charge in [-0.2, -0.15) is 0 Å². The summed E-state index contributed by atoms with van der Waals surface area (Å²) >= 11 is 0. The smallest absolute Gasteiger partial charge is 0.345 e. The summed E-state index contributed by atoms with van der Waals surface area (Å²) < 4.78 is 11.2. The normalized spacial score (nSPS) is 17.0. The Hall–Kier alpha value is -1.55. The fourth-order valence-electron chi connectivity index (χ4n) is 1.94. The van der Waals surface area contributed by atoms with Crippen molar-refractivity contribution in [2.24, 2.45) is 5.73 Å². The molecule has 0 radical (unpaired) electrons. The average molecular weight is 235 g/mol. The Morgan fingerprint density at radius 3 is 2.53 bits per heavy atom. The van der Waals surface area contributed by atoms with Gasteiger partial charge >= 0.3 is 5.97 Å². The summed E-state index contributed by atoms with van der Waals surface area (Å²) in [4.78, 5) is 11.9. The summed E-state index contributed by atoms with van der Waals surface area (Å²) in [7, 11) is 0. The van der Waals surface area contributed by atoms with E-state index in [9.17, 15) is 4.79 Å². The average Bonchev–Trinajstić information content (AvgIpc) is 2.38. The van der Waals surface area contributed by atoms with E-state index < -0.39 is 5.79 Å². The number of benzene rings is 1. The second-order valence-corrected chi connectivity index (χ2v) is 4.14. The Kier molecular flexibility index (Phi) is 3.07. The first kappa shape index (κ1) is 11.9. The molecule has 1 aliphatic heterocycles. The Bertz CT molecular complexity index is 438. The van der Waals surface area contributed by atoms with E-state index in [1.165, 1.54) is 0 Å². The van der Waals surface area contributed by atoms with Gasteiger partial charge in [-0.25, -0.2) is 4.79 Å². The highest BCUT2D eigenvalue weighted by atomic mass is 16.7. The highest BCUT2D eigenvalue weighted by Gasteiger charge is 2.39. The summed E-state index contributed by atoms with van der Waals surface area (Å²) in [6, 6.07) is 5.39. The molecular weight excluding hydrogens is 218 g/mol. The standard InChI is InChI=1S/C13H17NO3/c1-3-13(4-2)16-11-6-5-9(8-14)7-10(11)12(15)17-13/h5-7H,3-4,8,14H2,1-2H3. The number of fused-ring (bicyclic) bond motifs is 1. The molecule has 0 unspecified atom stereocenters. The molecule has 0 amide bonds. The number of rotatable bonds is 3. The second kappa shape index (κ2) is 4.37. The number of hydrogen-bond donors (Lipinski definition) is 1. The fraction of sp³-hybridized carbons (Fsp3) is 0.462. The topological polar surface area (TPSA) is 61.5 Å². The Labute approximate surface area is 101 Å². The number of cyclic esters (lactones) is 1. The van der Waals surface area contributed by atoms with Gasteiger partial charge in [0, 0.05) is 19.4 Å². The lowest BCUT2D eigenvalue weighted by atomic mass is 10.1. The minimum absolute atomic E-state index is 0.328. The summed E-state index contributed by atoms with van der Waals surface area (Å²) in [6.45, 7) is 4.28. The second-order valence-electron chi connectivity index (χ2n) is 4.14. The van der Waals surface area contributed by atoms with Crippen LogP contribution in [-0.4, -0.2) is 11.8 Å². The maximum Gasteiger partial charge on any atom is 0.345 e. The minimum Gasteiger partial charge on any atom is -0.451 e. The third-order valence-corrected chi connectivity index (χ3v) is 3.15. The molecule has 2 rings (SSSR count). The first-order valence-electron chi connectivity index (χ1n) is 5.89. The largest absolute Gasteiger partial charge is 0.451 e. The molecule has 17 heavy (non-hydrogen) atoms. The van der Waals surface area contributed by atoms with E-state index in [-0.39, 0.29) is 5.97 Å². The van der Waals surface area contributed by atoms with Crippen LogP contribution in [0.4, 0.5) is 0 Å². The molecule has 92 valence electrons. The van der Waals surface area contributed by atoms with E-state index in [4.69, 9.17) is 15.2 Å². The van der Waals surface area contributed by atoms with Crippen LogP contribution < -0.4 is 10.5 Å². The van der Waals surface area contributed by atoms with Crippen LogP contribution in [0.2, 0.25) is 0 Å². The number of esters is 1. The van der Waals surface area contributed by atoms with Gasteiger partial charge in [-0.1, -0.05) is 19.9 Å². The van der Waals surface area contributed by atoms with E-state index in [1.54, 1.807) is 12.1 Å². The molecular formula is C13H17NO3. The lowest BCUT2D eigenvalue weighted by molar-refractivity contribution is -0.158. The molecule has 0 aliphatic carbocycles. The summed E-state index contributed by atoms with van der Waals surface area (Å²) in [5.41, 5.74) is 6.90. The van der Waals surface area contributed by atoms with Crippen molar-refractivity contribution in [2.75, 3.05) is 0 Å². The number of carbonyl (C=O) groups excluding carboxylic acids is 1. The fourth-order valence-corrected chi connectivity index (χ4v) is 1.94. The molecule has 1 aromatic carbocycles. The highest BCUT2D eigenvalue weighted by molar-refractivity contribution is 5.93. The predicted octanol–water partition coefficient (Wildman–Crippen LogP) is 2.21. The van der Waals surface area contributed by atoms with E-state index in [1.807, 2.05) is 19.9 Å². The van der Waals surface area contributed by atoms with Crippen LogP contribution in [0.3, 0.4) is 0 Å². The van der Waals surface area contributed by atoms with Crippen LogP contribution in [0, 0.1) is 0 Å². The van der Waals surface area contributed by atoms with Crippen molar-refractivity contribution in [1.82, 2.24) is 0 Å². The predicted molar refractivity (Wildman–Crippen MR) is 63.7 cm³/mol. The van der Waals surface area contributed by atoms with Gasteiger partial charge in [-0.05, 0) is 17.7 Å². The monoisotopic (exact) mass is 235 g/mol. The van der Waals surface area contributed by atoms with Gasteiger partial charge in [0.05, 0.1) is 0 Å². The van der Waals surface area contributed by atoms with E-state index >= 15 is 0 Å². The van der Waals surface area contributed by atoms with E-state index in [0.29, 0.717) is 30.7 Å². The molecule has 0 aromatic heterocycles. The molecule has 0 atom stereocenters. The molecule has 0 bridgehead atoms. The molecule has 4 nitrogen and oxygen atoms in total. The molecule has 1 aliphatic rings. The van der Waals surface area contributed by atoms with E-state index in [2.05, 4.69) is 0 Å². The summed E-state index contributed by atoms with van der Waals surface area (Å²) in [5.74, 6) is -0.554. The maximum absolute atomic E-state index is 11.9. The van der Waals surface area contributed by atoms with Crippen molar-refractivity contribution in [1.29, 1.82) is 0 Å². The Morgan fingerprint density at radius 1 is 1.24 bits per heavy atom. The summed E-state index contributed by atoms with van der Waals surface area (Å²) in [5, 5.41) is 0. The lowest BCUT2D eigenvalue weighted by Crippen LogP contribution is -2.43. The van der Waals surface area contributed by atoms with Gasteiger partial charge in [0.25, 0.3) is 5.79 Å². The highest BCUT2D eigenvalue weighted by Crippen LogP contribution is 2.35. The van der Waals surface area contributed by atoms with Crippen LogP contribution in [0.15, 0.2) is 18.2 Å². The van der Waals surface area contributed by atoms with Crippen LogP contribution in [-0.2, 0) is 11.3 Å². The lowest BCUT2D eigenvalue weighted by Gasteiger charge is -2.36. The zero-order valence-corrected chi connectivity index (χ0v) is 10.2. The SMILES string of the molecule is CCC1(CC)OC(=O)c2cc(CN)ccc2O1. The van der Waals surface area contributed by atoms with Crippen molar-refractivity contribution in [3.8, 4) is 5.75 Å². The van der Waals surface area contributed by atoms with E-state index in [0.717, 1.165) is 5.56 Å². The molecule has 0 saturated heterocycles. The van der Waals surface area contributed by atoms with Crippen LogP contribution >= 0.6 is 0 Å². The molecule has 4 heteroatoms. The number of carbonyl (C=O) groups is 1. The third kappa shape index (κ3) is 2.00. The van der Waals surface area contributed by atoms with Gasteiger partial charge in [0.15, 0.2) is 0 Å². The molecule has 0 fully saturated rings. The van der Waals surface area contributed by atoms with Gasteiger partial charge in [-0.3, -0.25) is 0 Å². The zero-order valence-electron chi connectivity index (χ0n) is 10.2. The van der Waals surface area contributed by atoms with Gasteiger partial charge in [0.2, 0.25) is 0 Å². The molecule has 0 saturated carbocycles. The number of nitrogens with two attached hydrogens (primary N) is 1. The van der Waals surface area contributed by atoms with Crippen LogP contribution in [0.25, 0.3) is 0 Å². The molecule has 1 aromatic rings. The van der Waals surface area contributed by atoms with Crippen molar-refractivity contribution >= 4 is 5.97 Å². The zero-order chi connectivity index (χ0) is 12.5. The molecule has 1 heterocycles. The Balaban J connectivity index is 2.41. The maximum atomic E-state index is 11.9. The van der Waals surface area contributed by atoms with Gasteiger partial charge in [0.1, 0.15) is 11.3 Å². The van der Waals surface area contributed by atoms with Crippen molar-refractivity contribution < 1.29 is 14.3 Å². The van der Waals surface area contributed by atoms with Crippen molar-refractivity contribution in [3.05, 3.63) is 29.3 Å². The first-order chi connectivity index (χ1) is 8.14. The quantitative estimate of drug-likeness (QED) is 0.816.